The zero-order valence-corrected chi connectivity index (χ0v) is 14.1. The topological polar surface area (TPSA) is 107 Å². The van der Waals surface area contributed by atoms with Crippen LogP contribution in [0.4, 0.5) is 5.69 Å². The lowest BCUT2D eigenvalue weighted by molar-refractivity contribution is -0.385. The van der Waals surface area contributed by atoms with Crippen LogP contribution in [-0.2, 0) is 10.0 Å². The number of hydrogen-bond acceptors (Lipinski definition) is 6. The van der Waals surface area contributed by atoms with E-state index in [-0.39, 0.29) is 16.6 Å². The van der Waals surface area contributed by atoms with Crippen LogP contribution in [0.2, 0.25) is 0 Å². The van der Waals surface area contributed by atoms with E-state index in [1.165, 1.54) is 22.5 Å². The monoisotopic (exact) mass is 351 g/mol. The SMILES string of the molecule is Cc1noc(C)c1[C@@H]1CCCN1S(=O)(=O)c1cccc([N+](=O)[O-])c1. The highest BCUT2D eigenvalue weighted by Gasteiger charge is 2.39. The van der Waals surface area contributed by atoms with Crippen LogP contribution >= 0.6 is 0 Å². The molecule has 0 N–H and O–H groups in total. The molecule has 1 aliphatic heterocycles. The van der Waals surface area contributed by atoms with Gasteiger partial charge in [0, 0.05) is 24.2 Å². The van der Waals surface area contributed by atoms with Crippen molar-refractivity contribution in [1.29, 1.82) is 0 Å². The highest BCUT2D eigenvalue weighted by atomic mass is 32.2. The molecule has 8 nitrogen and oxygen atoms in total. The van der Waals surface area contributed by atoms with Crippen LogP contribution in [0.15, 0.2) is 33.7 Å². The Hall–Kier alpha value is -2.26. The maximum atomic E-state index is 13.0. The molecule has 1 aliphatic rings. The first-order valence-corrected chi connectivity index (χ1v) is 8.95. The molecule has 2 aromatic rings. The summed E-state index contributed by atoms with van der Waals surface area (Å²) in [5.74, 6) is 0.596. The second-order valence-electron chi connectivity index (χ2n) is 5.77. The minimum atomic E-state index is -3.84. The minimum Gasteiger partial charge on any atom is -0.361 e. The molecule has 0 amide bonds. The molecule has 0 unspecified atom stereocenters. The van der Waals surface area contributed by atoms with Crippen molar-refractivity contribution in [3.8, 4) is 0 Å². The van der Waals surface area contributed by atoms with E-state index in [4.69, 9.17) is 4.52 Å². The zero-order valence-electron chi connectivity index (χ0n) is 13.3. The Kier molecular flexibility index (Phi) is 4.14. The molecule has 0 radical (unpaired) electrons. The van der Waals surface area contributed by atoms with Gasteiger partial charge in [-0.3, -0.25) is 10.1 Å². The van der Waals surface area contributed by atoms with Gasteiger partial charge in [-0.05, 0) is 32.8 Å². The molecule has 1 aromatic carbocycles. The minimum absolute atomic E-state index is 0.0737. The molecular formula is C15H17N3O5S. The van der Waals surface area contributed by atoms with E-state index in [0.29, 0.717) is 30.8 Å². The summed E-state index contributed by atoms with van der Waals surface area (Å²) in [5.41, 5.74) is 1.20. The molecule has 1 aromatic heterocycles. The van der Waals surface area contributed by atoms with Gasteiger partial charge < -0.3 is 4.52 Å². The van der Waals surface area contributed by atoms with Gasteiger partial charge >= 0.3 is 0 Å². The first kappa shape index (κ1) is 16.6. The second kappa shape index (κ2) is 5.99. The summed E-state index contributed by atoms with van der Waals surface area (Å²) in [7, 11) is -3.84. The van der Waals surface area contributed by atoms with Crippen molar-refractivity contribution in [3.63, 3.8) is 0 Å². The molecule has 1 atom stereocenters. The molecule has 1 saturated heterocycles. The summed E-state index contributed by atoms with van der Waals surface area (Å²) < 4.78 is 32.5. The standard InChI is InChI=1S/C15H17N3O5S/c1-10-15(11(2)23-16-10)14-7-4-8-17(14)24(21,22)13-6-3-5-12(9-13)18(19)20/h3,5-6,9,14H,4,7-8H2,1-2H3/t14-/m0/s1. The van der Waals surface area contributed by atoms with E-state index in [2.05, 4.69) is 5.16 Å². The highest BCUT2D eigenvalue weighted by molar-refractivity contribution is 7.89. The Labute approximate surface area is 139 Å². The van der Waals surface area contributed by atoms with E-state index in [1.807, 2.05) is 0 Å². The third-order valence-corrected chi connectivity index (χ3v) is 6.16. The van der Waals surface area contributed by atoms with Gasteiger partial charge in [-0.15, -0.1) is 0 Å². The van der Waals surface area contributed by atoms with Gasteiger partial charge in [-0.25, -0.2) is 8.42 Å². The summed E-state index contributed by atoms with van der Waals surface area (Å²) in [6.07, 6.45) is 1.37. The molecule has 1 fully saturated rings. The average Bonchev–Trinajstić information content (AvgIpc) is 3.14. The lowest BCUT2D eigenvalue weighted by Crippen LogP contribution is -2.31. The number of sulfonamides is 1. The molecular weight excluding hydrogens is 334 g/mol. The lowest BCUT2D eigenvalue weighted by atomic mass is 10.0. The van der Waals surface area contributed by atoms with Crippen LogP contribution in [0, 0.1) is 24.0 Å². The fourth-order valence-electron chi connectivity index (χ4n) is 3.18. The molecule has 0 spiro atoms. The first-order chi connectivity index (χ1) is 11.3. The van der Waals surface area contributed by atoms with Gasteiger partial charge in [0.1, 0.15) is 5.76 Å². The van der Waals surface area contributed by atoms with Gasteiger partial charge in [0.25, 0.3) is 5.69 Å². The van der Waals surface area contributed by atoms with Gasteiger partial charge in [0.15, 0.2) is 0 Å². The molecule has 0 bridgehead atoms. The number of hydrogen-bond donors (Lipinski definition) is 0. The third kappa shape index (κ3) is 2.69. The lowest BCUT2D eigenvalue weighted by Gasteiger charge is -2.24. The number of nitro groups is 1. The predicted octanol–water partition coefficient (Wildman–Crippen LogP) is 2.73. The fraction of sp³-hybridized carbons (Fsp3) is 0.400. The first-order valence-electron chi connectivity index (χ1n) is 7.51. The smallest absolute Gasteiger partial charge is 0.270 e. The van der Waals surface area contributed by atoms with Crippen LogP contribution in [0.25, 0.3) is 0 Å². The molecule has 0 aliphatic carbocycles. The summed E-state index contributed by atoms with van der Waals surface area (Å²) in [6.45, 7) is 3.90. The maximum Gasteiger partial charge on any atom is 0.270 e. The van der Waals surface area contributed by atoms with Crippen molar-refractivity contribution >= 4 is 15.7 Å². The summed E-state index contributed by atoms with van der Waals surface area (Å²) in [4.78, 5) is 10.2. The molecule has 0 saturated carbocycles. The Morgan fingerprint density at radius 1 is 1.38 bits per heavy atom. The van der Waals surface area contributed by atoms with E-state index in [1.54, 1.807) is 13.8 Å². The van der Waals surface area contributed by atoms with Gasteiger partial charge in [0.05, 0.1) is 21.6 Å². The molecule has 9 heteroatoms. The number of rotatable bonds is 4. The highest BCUT2D eigenvalue weighted by Crippen LogP contribution is 2.39. The molecule has 128 valence electrons. The quantitative estimate of drug-likeness (QED) is 0.619. The summed E-state index contributed by atoms with van der Waals surface area (Å²) in [5, 5.41) is 14.8. The Morgan fingerprint density at radius 2 is 2.12 bits per heavy atom. The van der Waals surface area contributed by atoms with Crippen LogP contribution in [0.1, 0.15) is 35.9 Å². The normalized spacial score (nSPS) is 18.8. The average molecular weight is 351 g/mol. The van der Waals surface area contributed by atoms with Crippen molar-refractivity contribution in [3.05, 3.63) is 51.4 Å². The number of benzene rings is 1. The van der Waals surface area contributed by atoms with Gasteiger partial charge in [0.2, 0.25) is 10.0 Å². The fourth-order valence-corrected chi connectivity index (χ4v) is 4.88. The molecule has 3 rings (SSSR count). The number of aromatic nitrogens is 1. The molecule has 24 heavy (non-hydrogen) atoms. The van der Waals surface area contributed by atoms with Crippen LogP contribution < -0.4 is 0 Å². The van der Waals surface area contributed by atoms with E-state index in [0.717, 1.165) is 11.6 Å². The predicted molar refractivity (Wildman–Crippen MR) is 84.9 cm³/mol. The number of non-ortho nitro benzene ring substituents is 1. The van der Waals surface area contributed by atoms with E-state index in [9.17, 15) is 18.5 Å². The van der Waals surface area contributed by atoms with Crippen molar-refractivity contribution in [1.82, 2.24) is 9.46 Å². The van der Waals surface area contributed by atoms with Crippen molar-refractivity contribution in [2.45, 2.75) is 37.6 Å². The Bertz CT molecular complexity index is 871. The van der Waals surface area contributed by atoms with Gasteiger partial charge in [-0.2, -0.15) is 4.31 Å². The van der Waals surface area contributed by atoms with Gasteiger partial charge in [-0.1, -0.05) is 11.2 Å². The summed E-state index contributed by atoms with van der Waals surface area (Å²) >= 11 is 0. The van der Waals surface area contributed by atoms with E-state index < -0.39 is 14.9 Å². The maximum absolute atomic E-state index is 13.0. The largest absolute Gasteiger partial charge is 0.361 e. The molecule has 2 heterocycles. The Morgan fingerprint density at radius 3 is 2.75 bits per heavy atom. The van der Waals surface area contributed by atoms with Crippen LogP contribution in [-0.4, -0.2) is 29.3 Å². The van der Waals surface area contributed by atoms with Crippen LogP contribution in [0.5, 0.6) is 0 Å². The van der Waals surface area contributed by atoms with Crippen LogP contribution in [0.3, 0.4) is 0 Å². The van der Waals surface area contributed by atoms with Crippen molar-refractivity contribution < 1.29 is 17.9 Å². The number of nitro benzene ring substituents is 1. The van der Waals surface area contributed by atoms with Crippen molar-refractivity contribution in [2.24, 2.45) is 0 Å². The summed E-state index contributed by atoms with van der Waals surface area (Å²) in [6, 6.07) is 4.77. The second-order valence-corrected chi connectivity index (χ2v) is 7.66. The van der Waals surface area contributed by atoms with Crippen molar-refractivity contribution in [2.75, 3.05) is 6.54 Å². The number of nitrogens with zero attached hydrogens (tertiary/aromatic N) is 3. The van der Waals surface area contributed by atoms with E-state index >= 15 is 0 Å². The third-order valence-electron chi connectivity index (χ3n) is 4.26. The number of aryl methyl sites for hydroxylation is 2. The zero-order chi connectivity index (χ0) is 17.5. The Balaban J connectivity index is 2.03.